The van der Waals surface area contributed by atoms with Gasteiger partial charge in [-0.3, -0.25) is 0 Å². The molecule has 0 aliphatic carbocycles. The Labute approximate surface area is 58.8 Å². The van der Waals surface area contributed by atoms with Crippen LogP contribution >= 0.6 is 0 Å². The standard InChI is InChI=1S/C6H2O5/c7-4-5(8)11-6-3(10-4)1-2-9-6/h1-2H. The highest BCUT2D eigenvalue weighted by atomic mass is 16.5. The molecule has 5 nitrogen and oxygen atoms in total. The summed E-state index contributed by atoms with van der Waals surface area (Å²) in [6, 6.07) is 1.39. The summed E-state index contributed by atoms with van der Waals surface area (Å²) in [6.07, 6.45) is 1.26. The van der Waals surface area contributed by atoms with Gasteiger partial charge in [0.1, 0.15) is 0 Å². The Morgan fingerprint density at radius 2 is 1.82 bits per heavy atom. The lowest BCUT2D eigenvalue weighted by Crippen LogP contribution is -2.20. The van der Waals surface area contributed by atoms with Gasteiger partial charge in [-0.05, 0) is 0 Å². The van der Waals surface area contributed by atoms with Gasteiger partial charge in [0.05, 0.1) is 6.26 Å². The molecule has 0 N–H and O–H groups in total. The molecule has 2 rings (SSSR count). The van der Waals surface area contributed by atoms with Gasteiger partial charge in [0.2, 0.25) is 5.58 Å². The predicted octanol–water partition coefficient (Wildman–Crippen LogP) is 0.339. The monoisotopic (exact) mass is 154 g/mol. The van der Waals surface area contributed by atoms with Gasteiger partial charge < -0.3 is 13.3 Å². The summed E-state index contributed by atoms with van der Waals surface area (Å²) >= 11 is 0. The van der Waals surface area contributed by atoms with E-state index in [1.165, 1.54) is 12.3 Å². The van der Waals surface area contributed by atoms with Gasteiger partial charge >= 0.3 is 17.0 Å². The lowest BCUT2D eigenvalue weighted by Gasteiger charge is -1.80. The summed E-state index contributed by atoms with van der Waals surface area (Å²) in [4.78, 5) is 21.0. The van der Waals surface area contributed by atoms with Crippen molar-refractivity contribution in [1.82, 2.24) is 0 Å². The maximum absolute atomic E-state index is 10.5. The Balaban J connectivity index is 3.09. The lowest BCUT2D eigenvalue weighted by atomic mass is 10.6. The highest BCUT2D eigenvalue weighted by Gasteiger charge is 2.05. The summed E-state index contributed by atoms with van der Waals surface area (Å²) in [6.45, 7) is 0. The van der Waals surface area contributed by atoms with E-state index in [2.05, 4.69) is 13.3 Å². The van der Waals surface area contributed by atoms with Crippen LogP contribution in [0.5, 0.6) is 0 Å². The minimum Gasteiger partial charge on any atom is -0.431 e. The molecule has 0 aromatic carbocycles. The van der Waals surface area contributed by atoms with E-state index >= 15 is 0 Å². The van der Waals surface area contributed by atoms with Crippen molar-refractivity contribution in [2.45, 2.75) is 0 Å². The molecule has 0 aliphatic rings. The number of rotatable bonds is 0. The molecule has 56 valence electrons. The minimum absolute atomic E-state index is 0.0744. The van der Waals surface area contributed by atoms with Gasteiger partial charge in [-0.25, -0.2) is 9.59 Å². The SMILES string of the molecule is O=c1oc2ccoc2oc1=O. The van der Waals surface area contributed by atoms with Gasteiger partial charge in [0.25, 0.3) is 0 Å². The van der Waals surface area contributed by atoms with E-state index in [4.69, 9.17) is 0 Å². The van der Waals surface area contributed by atoms with E-state index < -0.39 is 11.3 Å². The molecule has 0 amide bonds. The van der Waals surface area contributed by atoms with Gasteiger partial charge in [0, 0.05) is 6.07 Å². The van der Waals surface area contributed by atoms with Crippen LogP contribution in [0.2, 0.25) is 0 Å². The minimum atomic E-state index is -1.06. The van der Waals surface area contributed by atoms with Crippen molar-refractivity contribution in [3.8, 4) is 0 Å². The molecule has 0 radical (unpaired) electrons. The summed E-state index contributed by atoms with van der Waals surface area (Å²) in [5.74, 6) is -0.0744. The fraction of sp³-hybridized carbons (Fsp3) is 0. The van der Waals surface area contributed by atoms with E-state index in [1.54, 1.807) is 0 Å². The first-order valence-electron chi connectivity index (χ1n) is 2.79. The zero-order valence-corrected chi connectivity index (χ0v) is 5.20. The van der Waals surface area contributed by atoms with Crippen molar-refractivity contribution in [3.05, 3.63) is 33.2 Å². The number of hydrogen-bond acceptors (Lipinski definition) is 5. The quantitative estimate of drug-likeness (QED) is 0.511. The first-order chi connectivity index (χ1) is 5.27. The van der Waals surface area contributed by atoms with Crippen molar-refractivity contribution < 1.29 is 13.3 Å². The summed E-state index contributed by atoms with van der Waals surface area (Å²) in [5.41, 5.74) is -1.96. The molecular formula is C6H2O5. The van der Waals surface area contributed by atoms with Crippen molar-refractivity contribution in [3.63, 3.8) is 0 Å². The second-order valence-electron chi connectivity index (χ2n) is 1.85. The number of fused-ring (bicyclic) bond motifs is 1. The summed E-state index contributed by atoms with van der Waals surface area (Å²) in [5, 5.41) is 0. The van der Waals surface area contributed by atoms with Crippen molar-refractivity contribution in [2.24, 2.45) is 0 Å². The zero-order valence-electron chi connectivity index (χ0n) is 5.20. The van der Waals surface area contributed by atoms with Crippen molar-refractivity contribution in [1.29, 1.82) is 0 Å². The van der Waals surface area contributed by atoms with Gasteiger partial charge in [-0.2, -0.15) is 0 Å². The molecule has 0 atom stereocenters. The molecule has 0 spiro atoms. The maximum atomic E-state index is 10.5. The highest BCUT2D eigenvalue weighted by molar-refractivity contribution is 5.61. The molecular weight excluding hydrogens is 152 g/mol. The summed E-state index contributed by atoms with van der Waals surface area (Å²) in [7, 11) is 0. The van der Waals surface area contributed by atoms with Crippen LogP contribution in [0.25, 0.3) is 11.4 Å². The van der Waals surface area contributed by atoms with Crippen LogP contribution in [0.1, 0.15) is 0 Å². The van der Waals surface area contributed by atoms with E-state index in [0.29, 0.717) is 0 Å². The van der Waals surface area contributed by atoms with Crippen LogP contribution in [0.15, 0.2) is 35.2 Å². The molecule has 0 aliphatic heterocycles. The van der Waals surface area contributed by atoms with E-state index in [-0.39, 0.29) is 11.4 Å². The van der Waals surface area contributed by atoms with Crippen LogP contribution in [-0.4, -0.2) is 0 Å². The maximum Gasteiger partial charge on any atom is 0.425 e. The zero-order chi connectivity index (χ0) is 7.84. The normalized spacial score (nSPS) is 10.5. The fourth-order valence-electron chi connectivity index (χ4n) is 0.701. The molecule has 2 aromatic rings. The van der Waals surface area contributed by atoms with Crippen LogP contribution < -0.4 is 11.3 Å². The van der Waals surface area contributed by atoms with Crippen LogP contribution in [0.3, 0.4) is 0 Å². The Morgan fingerprint density at radius 3 is 2.64 bits per heavy atom. The number of hydrogen-bond donors (Lipinski definition) is 0. The third-order valence-corrected chi connectivity index (χ3v) is 1.15. The molecule has 0 saturated heterocycles. The van der Waals surface area contributed by atoms with Gasteiger partial charge in [0.15, 0.2) is 0 Å². The smallest absolute Gasteiger partial charge is 0.425 e. The second-order valence-corrected chi connectivity index (χ2v) is 1.85. The molecule has 0 bridgehead atoms. The van der Waals surface area contributed by atoms with Gasteiger partial charge in [-0.1, -0.05) is 0 Å². The molecule has 11 heavy (non-hydrogen) atoms. The molecule has 0 fully saturated rings. The molecule has 5 heteroatoms. The van der Waals surface area contributed by atoms with Crippen LogP contribution in [0, 0.1) is 0 Å². The van der Waals surface area contributed by atoms with Crippen LogP contribution in [-0.2, 0) is 0 Å². The Hall–Kier alpha value is -1.78. The Bertz CT molecular complexity index is 441. The third kappa shape index (κ3) is 0.778. The molecule has 0 unspecified atom stereocenters. The van der Waals surface area contributed by atoms with Crippen molar-refractivity contribution in [2.75, 3.05) is 0 Å². The lowest BCUT2D eigenvalue weighted by molar-refractivity contribution is 0.396. The van der Waals surface area contributed by atoms with E-state index in [9.17, 15) is 9.59 Å². The highest BCUT2D eigenvalue weighted by Crippen LogP contribution is 2.09. The Kier molecular flexibility index (Phi) is 1.00. The first kappa shape index (κ1) is 5.96. The number of furan rings is 1. The molecule has 0 saturated carbocycles. The first-order valence-corrected chi connectivity index (χ1v) is 2.79. The average Bonchev–Trinajstić information content (AvgIpc) is 2.36. The van der Waals surface area contributed by atoms with Crippen LogP contribution in [0.4, 0.5) is 0 Å². The predicted molar refractivity (Wildman–Crippen MR) is 33.3 cm³/mol. The second kappa shape index (κ2) is 1.85. The molecule has 2 aromatic heterocycles. The average molecular weight is 154 g/mol. The van der Waals surface area contributed by atoms with Gasteiger partial charge in [-0.15, -0.1) is 0 Å². The largest absolute Gasteiger partial charge is 0.431 e. The third-order valence-electron chi connectivity index (χ3n) is 1.15. The summed E-state index contributed by atoms with van der Waals surface area (Å²) < 4.78 is 13.5. The molecule has 2 heterocycles. The van der Waals surface area contributed by atoms with Crippen molar-refractivity contribution >= 4 is 11.4 Å². The fourth-order valence-corrected chi connectivity index (χ4v) is 0.701. The van der Waals surface area contributed by atoms with E-state index in [1.807, 2.05) is 0 Å². The van der Waals surface area contributed by atoms with E-state index in [0.717, 1.165) is 0 Å². The Morgan fingerprint density at radius 1 is 1.09 bits per heavy atom. The topological polar surface area (TPSA) is 73.6 Å².